The summed E-state index contributed by atoms with van der Waals surface area (Å²) in [6.07, 6.45) is -3.84. The van der Waals surface area contributed by atoms with Crippen LogP contribution in [0.2, 0.25) is 0 Å². The molecule has 1 heterocycles. The number of rotatable bonds is 4. The molecule has 9 heteroatoms. The van der Waals surface area contributed by atoms with Crippen molar-refractivity contribution in [2.75, 3.05) is 13.1 Å². The number of amides is 1. The predicted octanol–water partition coefficient (Wildman–Crippen LogP) is 2.08. The molecule has 1 aromatic rings. The lowest BCUT2D eigenvalue weighted by atomic mass is 10.1. The molecule has 0 aliphatic carbocycles. The second-order valence-corrected chi connectivity index (χ2v) is 7.59. The highest BCUT2D eigenvalue weighted by Crippen LogP contribution is 2.22. The van der Waals surface area contributed by atoms with Gasteiger partial charge in [0.1, 0.15) is 0 Å². The molecule has 0 atom stereocenters. The maximum absolute atomic E-state index is 12.5. The standard InChI is InChI=1S/C15H19F3N2O3S/c1-2-11-3-5-13(6-4-11)24(22,23)20-9-7-12(8-10-20)19-14(21)15(16,17)18/h3-6,12H,2,7-10H2,1H3,(H,19,21). The van der Waals surface area contributed by atoms with Gasteiger partial charge in [-0.2, -0.15) is 17.5 Å². The quantitative estimate of drug-likeness (QED) is 0.890. The van der Waals surface area contributed by atoms with E-state index in [0.717, 1.165) is 12.0 Å². The number of sulfonamides is 1. The van der Waals surface area contributed by atoms with Crippen molar-refractivity contribution in [3.63, 3.8) is 0 Å². The molecule has 0 aromatic heterocycles. The zero-order chi connectivity index (χ0) is 18.0. The first-order valence-corrected chi connectivity index (χ1v) is 9.05. The van der Waals surface area contributed by atoms with E-state index in [4.69, 9.17) is 0 Å². The summed E-state index contributed by atoms with van der Waals surface area (Å²) >= 11 is 0. The van der Waals surface area contributed by atoms with Crippen molar-refractivity contribution in [3.8, 4) is 0 Å². The molecule has 5 nitrogen and oxygen atoms in total. The van der Waals surface area contributed by atoms with E-state index in [1.165, 1.54) is 16.4 Å². The average Bonchev–Trinajstić information content (AvgIpc) is 2.54. The molecule has 24 heavy (non-hydrogen) atoms. The molecule has 2 rings (SSSR count). The van der Waals surface area contributed by atoms with Gasteiger partial charge in [-0.15, -0.1) is 0 Å². The molecule has 0 spiro atoms. The average molecular weight is 364 g/mol. The molecule has 0 bridgehead atoms. The van der Waals surface area contributed by atoms with Crippen LogP contribution in [0.25, 0.3) is 0 Å². The topological polar surface area (TPSA) is 66.5 Å². The monoisotopic (exact) mass is 364 g/mol. The zero-order valence-corrected chi connectivity index (χ0v) is 14.0. The Bertz CT molecular complexity index is 679. The summed E-state index contributed by atoms with van der Waals surface area (Å²) < 4.78 is 63.0. The Morgan fingerprint density at radius 1 is 1.21 bits per heavy atom. The molecule has 0 radical (unpaired) electrons. The van der Waals surface area contributed by atoms with E-state index >= 15 is 0 Å². The fraction of sp³-hybridized carbons (Fsp3) is 0.533. The van der Waals surface area contributed by atoms with Gasteiger partial charge in [-0.05, 0) is 37.0 Å². The molecule has 134 valence electrons. The van der Waals surface area contributed by atoms with Crippen LogP contribution < -0.4 is 5.32 Å². The number of carbonyl (C=O) groups excluding carboxylic acids is 1. The Morgan fingerprint density at radius 2 is 1.75 bits per heavy atom. The Kier molecular flexibility index (Phi) is 5.54. The van der Waals surface area contributed by atoms with Gasteiger partial charge in [-0.1, -0.05) is 19.1 Å². The van der Waals surface area contributed by atoms with E-state index in [1.807, 2.05) is 12.2 Å². The summed E-state index contributed by atoms with van der Waals surface area (Å²) in [5.41, 5.74) is 1.02. The van der Waals surface area contributed by atoms with E-state index in [0.29, 0.717) is 0 Å². The van der Waals surface area contributed by atoms with Crippen molar-refractivity contribution < 1.29 is 26.4 Å². The van der Waals surface area contributed by atoms with Gasteiger partial charge in [0.2, 0.25) is 10.0 Å². The molecule has 1 aromatic carbocycles. The van der Waals surface area contributed by atoms with Gasteiger partial charge in [-0.25, -0.2) is 8.42 Å². The molecule has 1 aliphatic heterocycles. The van der Waals surface area contributed by atoms with E-state index in [9.17, 15) is 26.4 Å². The molecule has 1 fully saturated rings. The molecule has 1 saturated heterocycles. The number of carbonyl (C=O) groups is 1. The number of piperidine rings is 1. The summed E-state index contributed by atoms with van der Waals surface area (Å²) in [5.74, 6) is -1.99. The van der Waals surface area contributed by atoms with Crippen LogP contribution in [-0.4, -0.2) is 43.9 Å². The van der Waals surface area contributed by atoms with Gasteiger partial charge < -0.3 is 5.32 Å². The van der Waals surface area contributed by atoms with Gasteiger partial charge in [0.05, 0.1) is 4.90 Å². The molecular formula is C15H19F3N2O3S. The van der Waals surface area contributed by atoms with Crippen LogP contribution in [0.5, 0.6) is 0 Å². The third-order valence-electron chi connectivity index (χ3n) is 4.02. The van der Waals surface area contributed by atoms with Crippen molar-refractivity contribution in [3.05, 3.63) is 29.8 Å². The summed E-state index contributed by atoms with van der Waals surface area (Å²) in [4.78, 5) is 11.1. The van der Waals surface area contributed by atoms with Crippen LogP contribution in [0, 0.1) is 0 Å². The number of hydrogen-bond acceptors (Lipinski definition) is 3. The lowest BCUT2D eigenvalue weighted by molar-refractivity contribution is -0.174. The summed E-state index contributed by atoms with van der Waals surface area (Å²) in [6, 6.07) is 5.87. The summed E-state index contributed by atoms with van der Waals surface area (Å²) in [6.45, 7) is 2.10. The maximum Gasteiger partial charge on any atom is 0.471 e. The van der Waals surface area contributed by atoms with Crippen molar-refractivity contribution in [1.82, 2.24) is 9.62 Å². The Balaban J connectivity index is 1.99. The fourth-order valence-corrected chi connectivity index (χ4v) is 4.02. The van der Waals surface area contributed by atoms with Crippen molar-refractivity contribution >= 4 is 15.9 Å². The minimum Gasteiger partial charge on any atom is -0.345 e. The van der Waals surface area contributed by atoms with Crippen LogP contribution >= 0.6 is 0 Å². The highest BCUT2D eigenvalue weighted by Gasteiger charge is 2.40. The number of halogens is 3. The van der Waals surface area contributed by atoms with Gasteiger partial charge in [-0.3, -0.25) is 4.79 Å². The predicted molar refractivity (Wildman–Crippen MR) is 81.8 cm³/mol. The van der Waals surface area contributed by atoms with Crippen molar-refractivity contribution in [1.29, 1.82) is 0 Å². The van der Waals surface area contributed by atoms with Crippen LogP contribution in [0.15, 0.2) is 29.2 Å². The maximum atomic E-state index is 12.5. The number of alkyl halides is 3. The normalized spacial score (nSPS) is 17.7. The lowest BCUT2D eigenvalue weighted by Gasteiger charge is -2.31. The van der Waals surface area contributed by atoms with Crippen LogP contribution in [0.4, 0.5) is 13.2 Å². The first kappa shape index (κ1) is 18.7. The van der Waals surface area contributed by atoms with E-state index < -0.39 is 28.1 Å². The van der Waals surface area contributed by atoms with Crippen LogP contribution in [0.1, 0.15) is 25.3 Å². The van der Waals surface area contributed by atoms with E-state index in [1.54, 1.807) is 12.1 Å². The highest BCUT2D eigenvalue weighted by molar-refractivity contribution is 7.89. The molecule has 0 unspecified atom stereocenters. The second-order valence-electron chi connectivity index (χ2n) is 5.65. The highest BCUT2D eigenvalue weighted by atomic mass is 32.2. The summed E-state index contributed by atoms with van der Waals surface area (Å²) in [7, 11) is -3.67. The first-order valence-electron chi connectivity index (χ1n) is 7.61. The smallest absolute Gasteiger partial charge is 0.345 e. The number of nitrogens with one attached hydrogen (secondary N) is 1. The van der Waals surface area contributed by atoms with Crippen LogP contribution in [0.3, 0.4) is 0 Å². The van der Waals surface area contributed by atoms with Gasteiger partial charge in [0, 0.05) is 19.1 Å². The number of benzene rings is 1. The molecule has 0 saturated carbocycles. The SMILES string of the molecule is CCc1ccc(S(=O)(=O)N2CCC(NC(=O)C(F)(F)F)CC2)cc1. The summed E-state index contributed by atoms with van der Waals surface area (Å²) in [5, 5.41) is 1.90. The molecule has 1 N–H and O–H groups in total. The number of hydrogen-bond donors (Lipinski definition) is 1. The van der Waals surface area contributed by atoms with Gasteiger partial charge in [0.15, 0.2) is 0 Å². The third kappa shape index (κ3) is 4.27. The second kappa shape index (κ2) is 7.10. The van der Waals surface area contributed by atoms with E-state index in [2.05, 4.69) is 0 Å². The zero-order valence-electron chi connectivity index (χ0n) is 13.1. The first-order chi connectivity index (χ1) is 11.1. The molecule has 1 aliphatic rings. The molecular weight excluding hydrogens is 345 g/mol. The minimum atomic E-state index is -4.93. The Hall–Kier alpha value is -1.61. The fourth-order valence-electron chi connectivity index (χ4n) is 2.55. The van der Waals surface area contributed by atoms with Crippen molar-refractivity contribution in [2.24, 2.45) is 0 Å². The lowest BCUT2D eigenvalue weighted by Crippen LogP contribution is -2.49. The largest absolute Gasteiger partial charge is 0.471 e. The number of aryl methyl sites for hydroxylation is 1. The third-order valence-corrected chi connectivity index (χ3v) is 5.93. The number of nitrogens with zero attached hydrogens (tertiary/aromatic N) is 1. The minimum absolute atomic E-state index is 0.0701. The van der Waals surface area contributed by atoms with Gasteiger partial charge >= 0.3 is 12.1 Å². The Labute approximate surface area is 138 Å². The Morgan fingerprint density at radius 3 is 2.21 bits per heavy atom. The molecule has 1 amide bonds. The van der Waals surface area contributed by atoms with E-state index in [-0.39, 0.29) is 30.8 Å². The van der Waals surface area contributed by atoms with Crippen molar-refractivity contribution in [2.45, 2.75) is 43.3 Å². The van der Waals surface area contributed by atoms with Gasteiger partial charge in [0.25, 0.3) is 0 Å². The van der Waals surface area contributed by atoms with Crippen LogP contribution in [-0.2, 0) is 21.2 Å².